The summed E-state index contributed by atoms with van der Waals surface area (Å²) in [6.45, 7) is 3.82. The Morgan fingerprint density at radius 2 is 1.81 bits per heavy atom. The van der Waals surface area contributed by atoms with Crippen LogP contribution in [0.4, 0.5) is 5.69 Å². The summed E-state index contributed by atoms with van der Waals surface area (Å²) in [7, 11) is 0. The highest BCUT2D eigenvalue weighted by atomic mass is 35.5. The fraction of sp³-hybridized carbons (Fsp3) is 0.417. The van der Waals surface area contributed by atoms with Gasteiger partial charge in [0, 0.05) is 11.6 Å². The zero-order valence-corrected chi connectivity index (χ0v) is 18.7. The van der Waals surface area contributed by atoms with Crippen molar-refractivity contribution in [1.82, 2.24) is 5.32 Å². The van der Waals surface area contributed by atoms with E-state index in [-0.39, 0.29) is 25.4 Å². The summed E-state index contributed by atoms with van der Waals surface area (Å²) >= 11 is 6.57. The Morgan fingerprint density at radius 1 is 1.09 bits per heavy atom. The molecule has 1 fully saturated rings. The van der Waals surface area contributed by atoms with Crippen LogP contribution in [0.1, 0.15) is 36.5 Å². The van der Waals surface area contributed by atoms with E-state index < -0.39 is 17.7 Å². The lowest BCUT2D eigenvalue weighted by Gasteiger charge is -2.32. The monoisotopic (exact) mass is 458 g/mol. The van der Waals surface area contributed by atoms with Crippen molar-refractivity contribution < 1.29 is 23.8 Å². The molecular formula is C24H27ClN2O5. The molecule has 0 aromatic heterocycles. The average molecular weight is 459 g/mol. The van der Waals surface area contributed by atoms with Gasteiger partial charge in [-0.15, -0.1) is 0 Å². The Hall–Kier alpha value is -2.61. The molecule has 1 atom stereocenters. The molecule has 1 spiro atoms. The third kappa shape index (κ3) is 5.06. The highest BCUT2D eigenvalue weighted by Gasteiger charge is 2.46. The Labute approximate surface area is 192 Å². The second kappa shape index (κ2) is 9.90. The lowest BCUT2D eigenvalue weighted by Crippen LogP contribution is -2.43. The van der Waals surface area contributed by atoms with E-state index in [0.717, 1.165) is 16.8 Å². The van der Waals surface area contributed by atoms with Gasteiger partial charge in [-0.2, -0.15) is 0 Å². The fourth-order valence-electron chi connectivity index (χ4n) is 4.05. The number of esters is 2. The molecule has 8 heteroatoms. The molecule has 2 aliphatic rings. The van der Waals surface area contributed by atoms with Gasteiger partial charge in [0.1, 0.15) is 0 Å². The summed E-state index contributed by atoms with van der Waals surface area (Å²) < 4.78 is 17.2. The SMILES string of the molecule is C[C@H](COCc1ccccc1)Nc1c(Cl)ccc2c1CCNCC21OC(=O)CCC(=O)O1. The molecule has 0 unspecified atom stereocenters. The van der Waals surface area contributed by atoms with Crippen molar-refractivity contribution in [2.75, 3.05) is 25.0 Å². The number of hydrogen-bond acceptors (Lipinski definition) is 7. The molecule has 4 rings (SSSR count). The van der Waals surface area contributed by atoms with E-state index in [4.69, 9.17) is 25.8 Å². The fourth-order valence-corrected chi connectivity index (χ4v) is 4.28. The first-order valence-electron chi connectivity index (χ1n) is 10.8. The van der Waals surface area contributed by atoms with E-state index >= 15 is 0 Å². The predicted molar refractivity (Wildman–Crippen MR) is 120 cm³/mol. The van der Waals surface area contributed by atoms with Gasteiger partial charge in [0.15, 0.2) is 0 Å². The molecule has 2 N–H and O–H groups in total. The van der Waals surface area contributed by atoms with Crippen LogP contribution in [-0.2, 0) is 42.6 Å². The number of halogens is 1. The third-order valence-electron chi connectivity index (χ3n) is 5.54. The minimum absolute atomic E-state index is 0.00437. The van der Waals surface area contributed by atoms with Gasteiger partial charge >= 0.3 is 11.9 Å². The van der Waals surface area contributed by atoms with E-state index in [1.54, 1.807) is 12.1 Å². The number of hydrogen-bond donors (Lipinski definition) is 2. The minimum atomic E-state index is -1.50. The summed E-state index contributed by atoms with van der Waals surface area (Å²) in [5.41, 5.74) is 3.34. The minimum Gasteiger partial charge on any atom is -0.416 e. The normalized spacial score (nSPS) is 18.7. The van der Waals surface area contributed by atoms with E-state index in [0.29, 0.717) is 36.8 Å². The molecule has 7 nitrogen and oxygen atoms in total. The number of nitrogens with one attached hydrogen (secondary N) is 2. The van der Waals surface area contributed by atoms with Gasteiger partial charge in [-0.3, -0.25) is 9.59 Å². The van der Waals surface area contributed by atoms with Gasteiger partial charge in [0.05, 0.1) is 43.3 Å². The molecule has 2 aromatic rings. The Morgan fingerprint density at radius 3 is 2.53 bits per heavy atom. The van der Waals surface area contributed by atoms with Crippen molar-refractivity contribution in [3.05, 3.63) is 64.2 Å². The molecule has 0 radical (unpaired) electrons. The molecule has 0 amide bonds. The topological polar surface area (TPSA) is 85.9 Å². The molecule has 32 heavy (non-hydrogen) atoms. The van der Waals surface area contributed by atoms with E-state index in [1.165, 1.54) is 0 Å². The van der Waals surface area contributed by atoms with Crippen LogP contribution >= 0.6 is 11.6 Å². The molecule has 2 aromatic carbocycles. The van der Waals surface area contributed by atoms with Crippen molar-refractivity contribution in [2.24, 2.45) is 0 Å². The highest BCUT2D eigenvalue weighted by Crippen LogP contribution is 2.40. The van der Waals surface area contributed by atoms with Crippen molar-refractivity contribution in [2.45, 2.75) is 44.6 Å². The predicted octanol–water partition coefficient (Wildman–Crippen LogP) is 3.54. The second-order valence-corrected chi connectivity index (χ2v) is 8.53. The molecule has 2 heterocycles. The number of fused-ring (bicyclic) bond motifs is 2. The van der Waals surface area contributed by atoms with Crippen LogP contribution in [0.25, 0.3) is 0 Å². The smallest absolute Gasteiger partial charge is 0.309 e. The largest absolute Gasteiger partial charge is 0.416 e. The van der Waals surface area contributed by atoms with Crippen LogP contribution in [0.5, 0.6) is 0 Å². The third-order valence-corrected chi connectivity index (χ3v) is 5.86. The Bertz CT molecular complexity index is 964. The Kier molecular flexibility index (Phi) is 6.98. The molecule has 0 bridgehead atoms. The number of anilines is 1. The molecule has 0 aliphatic carbocycles. The van der Waals surface area contributed by atoms with Crippen molar-refractivity contribution >= 4 is 29.2 Å². The van der Waals surface area contributed by atoms with E-state index in [1.807, 2.05) is 37.3 Å². The van der Waals surface area contributed by atoms with Gasteiger partial charge in [-0.1, -0.05) is 41.9 Å². The zero-order valence-electron chi connectivity index (χ0n) is 18.0. The first kappa shape index (κ1) is 22.6. The van der Waals surface area contributed by atoms with Gasteiger partial charge in [-0.25, -0.2) is 0 Å². The molecule has 170 valence electrons. The number of ether oxygens (including phenoxy) is 3. The highest BCUT2D eigenvalue weighted by molar-refractivity contribution is 6.33. The first-order valence-corrected chi connectivity index (χ1v) is 11.2. The quantitative estimate of drug-likeness (QED) is 0.640. The van der Waals surface area contributed by atoms with Crippen LogP contribution in [0.15, 0.2) is 42.5 Å². The van der Waals surface area contributed by atoms with Crippen molar-refractivity contribution in [1.29, 1.82) is 0 Å². The van der Waals surface area contributed by atoms with Crippen LogP contribution in [0, 0.1) is 0 Å². The Balaban J connectivity index is 1.56. The standard InChI is InChI=1S/C24H27ClN2O5/c1-16(13-30-14-17-5-3-2-4-6-17)27-23-18-11-12-26-15-24(19(18)7-8-20(23)25)31-21(28)9-10-22(29)32-24/h2-8,16,26-27H,9-15H2,1H3/t16-/m1/s1. The lowest BCUT2D eigenvalue weighted by atomic mass is 9.96. The van der Waals surface area contributed by atoms with Crippen LogP contribution in [0.2, 0.25) is 5.02 Å². The second-order valence-electron chi connectivity index (χ2n) is 8.12. The average Bonchev–Trinajstić information content (AvgIpc) is 3.03. The van der Waals surface area contributed by atoms with Gasteiger partial charge in [0.25, 0.3) is 5.79 Å². The summed E-state index contributed by atoms with van der Waals surface area (Å²) in [4.78, 5) is 24.5. The summed E-state index contributed by atoms with van der Waals surface area (Å²) in [6.07, 6.45) is 0.640. The summed E-state index contributed by atoms with van der Waals surface area (Å²) in [5, 5.41) is 7.22. The molecular weight excluding hydrogens is 432 g/mol. The molecule has 2 aliphatic heterocycles. The first-order chi connectivity index (χ1) is 15.5. The van der Waals surface area contributed by atoms with Crippen molar-refractivity contribution in [3.63, 3.8) is 0 Å². The lowest BCUT2D eigenvalue weighted by molar-refractivity contribution is -0.225. The van der Waals surface area contributed by atoms with E-state index in [2.05, 4.69) is 10.6 Å². The summed E-state index contributed by atoms with van der Waals surface area (Å²) in [5.74, 6) is -2.42. The van der Waals surface area contributed by atoms with Gasteiger partial charge < -0.3 is 24.8 Å². The number of benzene rings is 2. The maximum atomic E-state index is 12.2. The number of rotatable bonds is 6. The maximum absolute atomic E-state index is 12.2. The van der Waals surface area contributed by atoms with Crippen LogP contribution in [-0.4, -0.2) is 37.7 Å². The van der Waals surface area contributed by atoms with Gasteiger partial charge in [-0.05, 0) is 43.1 Å². The maximum Gasteiger partial charge on any atom is 0.309 e. The molecule has 1 saturated heterocycles. The summed E-state index contributed by atoms with van der Waals surface area (Å²) in [6, 6.07) is 13.5. The zero-order chi connectivity index (χ0) is 22.6. The van der Waals surface area contributed by atoms with Crippen LogP contribution in [0.3, 0.4) is 0 Å². The molecule has 0 saturated carbocycles. The van der Waals surface area contributed by atoms with Gasteiger partial charge in [0.2, 0.25) is 0 Å². The number of carbonyl (C=O) groups is 2. The van der Waals surface area contributed by atoms with Crippen molar-refractivity contribution in [3.8, 4) is 0 Å². The number of carbonyl (C=O) groups excluding carboxylic acids is 2. The van der Waals surface area contributed by atoms with E-state index in [9.17, 15) is 9.59 Å². The van der Waals surface area contributed by atoms with Crippen LogP contribution < -0.4 is 10.6 Å².